The molecule has 7 nitrogen and oxygen atoms in total. The number of morpholine rings is 1. The van der Waals surface area contributed by atoms with Gasteiger partial charge in [-0.3, -0.25) is 0 Å². The van der Waals surface area contributed by atoms with E-state index in [1.807, 2.05) is 18.2 Å². The first-order valence-electron chi connectivity index (χ1n) is 8.01. The van der Waals surface area contributed by atoms with E-state index in [0.29, 0.717) is 23.9 Å². The second-order valence-corrected chi connectivity index (χ2v) is 7.68. The summed E-state index contributed by atoms with van der Waals surface area (Å²) < 4.78 is 11.6. The summed E-state index contributed by atoms with van der Waals surface area (Å²) in [5.41, 5.74) is 1.17. The molecule has 130 valence electrons. The van der Waals surface area contributed by atoms with Crippen LogP contribution in [0.2, 0.25) is 0 Å². The Kier molecular flexibility index (Phi) is 5.24. The van der Waals surface area contributed by atoms with Gasteiger partial charge in [-0.25, -0.2) is 0 Å². The summed E-state index contributed by atoms with van der Waals surface area (Å²) in [5, 5.41) is 13.5. The molecule has 0 saturated carbocycles. The number of rotatable bonds is 6. The summed E-state index contributed by atoms with van der Waals surface area (Å²) in [5.74, 6) is 1.91. The van der Waals surface area contributed by atoms with E-state index in [4.69, 9.17) is 9.26 Å². The fourth-order valence-electron chi connectivity index (χ4n) is 2.47. The molecular formula is C16H17N5O2S2. The average molecular weight is 375 g/mol. The Hall–Kier alpha value is -1.97. The maximum atomic E-state index is 5.36. The Morgan fingerprint density at radius 2 is 1.96 bits per heavy atom. The third kappa shape index (κ3) is 4.36. The lowest BCUT2D eigenvalue weighted by Gasteiger charge is -2.25. The highest BCUT2D eigenvalue weighted by molar-refractivity contribution is 8.00. The minimum Gasteiger partial charge on any atom is -0.378 e. The average Bonchev–Trinajstić information content (AvgIpc) is 3.31. The Morgan fingerprint density at radius 1 is 1.12 bits per heavy atom. The van der Waals surface area contributed by atoms with Crippen LogP contribution in [0.1, 0.15) is 17.3 Å². The summed E-state index contributed by atoms with van der Waals surface area (Å²) in [7, 11) is 0. The van der Waals surface area contributed by atoms with Crippen LogP contribution >= 0.6 is 23.1 Å². The van der Waals surface area contributed by atoms with E-state index in [1.165, 1.54) is 5.56 Å². The van der Waals surface area contributed by atoms with Gasteiger partial charge in [0.1, 0.15) is 0 Å². The third-order valence-electron chi connectivity index (χ3n) is 3.71. The maximum absolute atomic E-state index is 5.36. The van der Waals surface area contributed by atoms with Crippen molar-refractivity contribution in [3.05, 3.63) is 47.6 Å². The van der Waals surface area contributed by atoms with Gasteiger partial charge >= 0.3 is 0 Å². The minimum absolute atomic E-state index is 0.597. The molecule has 0 N–H and O–H groups in total. The van der Waals surface area contributed by atoms with Crippen molar-refractivity contribution < 1.29 is 9.26 Å². The Bertz CT molecular complexity index is 802. The number of hydrogen-bond donors (Lipinski definition) is 0. The quantitative estimate of drug-likeness (QED) is 0.609. The Labute approximate surface area is 153 Å². The number of thioether (sulfide) groups is 1. The third-order valence-corrected chi connectivity index (χ3v) is 5.81. The zero-order valence-electron chi connectivity index (χ0n) is 13.5. The molecule has 3 aromatic rings. The first-order chi connectivity index (χ1) is 12.4. The number of benzene rings is 1. The van der Waals surface area contributed by atoms with E-state index in [1.54, 1.807) is 23.1 Å². The maximum Gasteiger partial charge on any atom is 0.237 e. The predicted molar refractivity (Wildman–Crippen MR) is 96.0 cm³/mol. The van der Waals surface area contributed by atoms with Gasteiger partial charge < -0.3 is 14.2 Å². The second kappa shape index (κ2) is 7.94. The Balaban J connectivity index is 1.32. The molecule has 0 bridgehead atoms. The number of aromatic nitrogens is 4. The first kappa shape index (κ1) is 16.5. The van der Waals surface area contributed by atoms with Crippen molar-refractivity contribution in [2.45, 2.75) is 16.5 Å². The van der Waals surface area contributed by atoms with Crippen molar-refractivity contribution >= 4 is 28.2 Å². The molecule has 1 aliphatic heterocycles. The highest BCUT2D eigenvalue weighted by atomic mass is 32.2. The molecule has 0 amide bonds. The van der Waals surface area contributed by atoms with Crippen LogP contribution < -0.4 is 4.90 Å². The van der Waals surface area contributed by atoms with E-state index in [-0.39, 0.29) is 0 Å². The lowest BCUT2D eigenvalue weighted by atomic mass is 10.1. The van der Waals surface area contributed by atoms with Crippen LogP contribution in [0.5, 0.6) is 0 Å². The SMILES string of the molecule is c1ccc(Cc2noc(CSc3nnc(N4CCOCC4)s3)n2)cc1. The summed E-state index contributed by atoms with van der Waals surface area (Å²) in [4.78, 5) is 6.65. The molecule has 0 radical (unpaired) electrons. The van der Waals surface area contributed by atoms with Gasteiger partial charge in [0.15, 0.2) is 10.2 Å². The van der Waals surface area contributed by atoms with E-state index in [0.717, 1.165) is 35.8 Å². The predicted octanol–water partition coefficient (Wildman–Crippen LogP) is 2.64. The van der Waals surface area contributed by atoms with Crippen molar-refractivity contribution in [3.8, 4) is 0 Å². The van der Waals surface area contributed by atoms with Crippen LogP contribution in [-0.4, -0.2) is 46.6 Å². The second-order valence-electron chi connectivity index (χ2n) is 5.51. The molecule has 0 aliphatic carbocycles. The molecule has 0 spiro atoms. The zero-order chi connectivity index (χ0) is 16.9. The first-order valence-corrected chi connectivity index (χ1v) is 9.81. The van der Waals surface area contributed by atoms with Crippen molar-refractivity contribution in [3.63, 3.8) is 0 Å². The van der Waals surface area contributed by atoms with Crippen molar-refractivity contribution in [1.82, 2.24) is 20.3 Å². The summed E-state index contributed by atoms with van der Waals surface area (Å²) in [6.45, 7) is 3.22. The van der Waals surface area contributed by atoms with Crippen LogP contribution in [0, 0.1) is 0 Å². The van der Waals surface area contributed by atoms with Gasteiger partial charge in [0.05, 0.1) is 19.0 Å². The molecule has 0 unspecified atom stereocenters. The summed E-state index contributed by atoms with van der Waals surface area (Å²) in [6, 6.07) is 10.1. The molecule has 1 saturated heterocycles. The van der Waals surface area contributed by atoms with Gasteiger partial charge in [-0.05, 0) is 5.56 Å². The van der Waals surface area contributed by atoms with Gasteiger partial charge in [0.25, 0.3) is 0 Å². The van der Waals surface area contributed by atoms with Crippen molar-refractivity contribution in [1.29, 1.82) is 0 Å². The molecule has 1 fully saturated rings. The van der Waals surface area contributed by atoms with Crippen molar-refractivity contribution in [2.75, 3.05) is 31.2 Å². The fraction of sp³-hybridized carbons (Fsp3) is 0.375. The molecule has 25 heavy (non-hydrogen) atoms. The molecular weight excluding hydrogens is 358 g/mol. The topological polar surface area (TPSA) is 77.2 Å². The molecule has 2 aromatic heterocycles. The van der Waals surface area contributed by atoms with Gasteiger partial charge in [-0.2, -0.15) is 4.98 Å². The molecule has 9 heteroatoms. The van der Waals surface area contributed by atoms with E-state index < -0.39 is 0 Å². The fourth-order valence-corrected chi connectivity index (χ4v) is 4.20. The summed E-state index contributed by atoms with van der Waals surface area (Å²) in [6.07, 6.45) is 0.676. The molecule has 1 aromatic carbocycles. The van der Waals surface area contributed by atoms with Gasteiger partial charge in [-0.1, -0.05) is 58.6 Å². The normalized spacial score (nSPS) is 14.8. The van der Waals surface area contributed by atoms with Crippen molar-refractivity contribution in [2.24, 2.45) is 0 Å². The molecule has 0 atom stereocenters. The van der Waals surface area contributed by atoms with Gasteiger partial charge in [0, 0.05) is 19.5 Å². The van der Waals surface area contributed by atoms with Crippen LogP contribution in [0.25, 0.3) is 0 Å². The minimum atomic E-state index is 0.597. The molecule has 4 rings (SSSR count). The van der Waals surface area contributed by atoms with Gasteiger partial charge in [0.2, 0.25) is 11.0 Å². The van der Waals surface area contributed by atoms with E-state index in [9.17, 15) is 0 Å². The molecule has 3 heterocycles. The van der Waals surface area contributed by atoms with Crippen LogP contribution in [0.3, 0.4) is 0 Å². The number of hydrogen-bond acceptors (Lipinski definition) is 9. The van der Waals surface area contributed by atoms with Crippen LogP contribution in [0.4, 0.5) is 5.13 Å². The van der Waals surface area contributed by atoms with Crippen LogP contribution in [-0.2, 0) is 16.9 Å². The van der Waals surface area contributed by atoms with E-state index in [2.05, 4.69) is 37.4 Å². The van der Waals surface area contributed by atoms with Gasteiger partial charge in [-0.15, -0.1) is 10.2 Å². The highest BCUT2D eigenvalue weighted by Crippen LogP contribution is 2.30. The standard InChI is InChI=1S/C16H17N5O2S2/c1-2-4-12(5-3-1)10-13-17-14(23-20-13)11-24-16-19-18-15(25-16)21-6-8-22-9-7-21/h1-5H,6-11H2. The van der Waals surface area contributed by atoms with E-state index >= 15 is 0 Å². The lowest BCUT2D eigenvalue weighted by molar-refractivity contribution is 0.122. The smallest absolute Gasteiger partial charge is 0.237 e. The summed E-state index contributed by atoms with van der Waals surface area (Å²) >= 11 is 3.16. The highest BCUT2D eigenvalue weighted by Gasteiger charge is 2.16. The zero-order valence-corrected chi connectivity index (χ0v) is 15.1. The Morgan fingerprint density at radius 3 is 2.80 bits per heavy atom. The monoisotopic (exact) mass is 375 g/mol. The lowest BCUT2D eigenvalue weighted by Crippen LogP contribution is -2.36. The number of ether oxygens (including phenoxy) is 1. The number of anilines is 1. The number of nitrogens with zero attached hydrogens (tertiary/aromatic N) is 5. The molecule has 1 aliphatic rings. The largest absolute Gasteiger partial charge is 0.378 e. The van der Waals surface area contributed by atoms with Crippen LogP contribution in [0.15, 0.2) is 39.2 Å².